The van der Waals surface area contributed by atoms with Crippen LogP contribution in [-0.4, -0.2) is 49.7 Å². The highest BCUT2D eigenvalue weighted by Gasteiger charge is 2.17. The number of hydrogen-bond acceptors (Lipinski definition) is 9. The number of nitrogens with one attached hydrogen (secondary N) is 1. The Morgan fingerprint density at radius 1 is 1.07 bits per heavy atom. The van der Waals surface area contributed by atoms with Crippen LogP contribution < -0.4 is 21.1 Å². The third-order valence-electron chi connectivity index (χ3n) is 4.53. The number of rotatable bonds is 5. The van der Waals surface area contributed by atoms with Gasteiger partial charge in [-0.25, -0.2) is 23.5 Å². The maximum Gasteiger partial charge on any atom is 0.238 e. The van der Waals surface area contributed by atoms with E-state index in [1.807, 2.05) is 11.0 Å². The zero-order valence-corrected chi connectivity index (χ0v) is 16.8. The molecule has 2 aromatic heterocycles. The number of nitrogens with zero attached hydrogens (tertiary/aromatic N) is 4. The molecular weight excluding hydrogens is 406 g/mol. The number of sulfonamides is 1. The number of morpholine rings is 1. The molecule has 1 aliphatic rings. The van der Waals surface area contributed by atoms with Crippen LogP contribution in [0.3, 0.4) is 0 Å². The molecule has 156 valence electrons. The van der Waals surface area contributed by atoms with Crippen molar-refractivity contribution < 1.29 is 13.2 Å². The summed E-state index contributed by atoms with van der Waals surface area (Å²) < 4.78 is 28.7. The lowest BCUT2D eigenvalue weighted by molar-refractivity contribution is 0.122. The Balaban J connectivity index is 1.73. The van der Waals surface area contributed by atoms with Crippen LogP contribution in [0, 0.1) is 0 Å². The second kappa shape index (κ2) is 8.22. The van der Waals surface area contributed by atoms with Crippen molar-refractivity contribution >= 4 is 33.3 Å². The predicted octanol–water partition coefficient (Wildman–Crippen LogP) is 1.35. The zero-order valence-electron chi connectivity index (χ0n) is 16.0. The molecule has 5 N–H and O–H groups in total. The van der Waals surface area contributed by atoms with E-state index in [2.05, 4.69) is 20.3 Å². The van der Waals surface area contributed by atoms with Gasteiger partial charge in [-0.05, 0) is 30.3 Å². The summed E-state index contributed by atoms with van der Waals surface area (Å²) in [6.07, 6.45) is 1.64. The van der Waals surface area contributed by atoms with Crippen molar-refractivity contribution in [3.05, 3.63) is 48.7 Å². The quantitative estimate of drug-likeness (QED) is 0.548. The van der Waals surface area contributed by atoms with Crippen LogP contribution in [-0.2, 0) is 14.8 Å². The molecule has 0 unspecified atom stereocenters. The summed E-state index contributed by atoms with van der Waals surface area (Å²) in [5.74, 6) is 1.46. The fourth-order valence-electron chi connectivity index (χ4n) is 3.01. The van der Waals surface area contributed by atoms with Gasteiger partial charge in [-0.2, -0.15) is 4.98 Å². The minimum Gasteiger partial charge on any atom is -0.384 e. The highest BCUT2D eigenvalue weighted by atomic mass is 32.2. The van der Waals surface area contributed by atoms with E-state index >= 15 is 0 Å². The van der Waals surface area contributed by atoms with Crippen LogP contribution in [0.1, 0.15) is 0 Å². The number of benzene rings is 1. The van der Waals surface area contributed by atoms with Crippen LogP contribution in [0.4, 0.5) is 23.3 Å². The predicted molar refractivity (Wildman–Crippen MR) is 114 cm³/mol. The molecule has 1 aromatic carbocycles. The van der Waals surface area contributed by atoms with Gasteiger partial charge in [0.1, 0.15) is 11.6 Å². The van der Waals surface area contributed by atoms with E-state index < -0.39 is 10.0 Å². The average Bonchev–Trinajstić information content (AvgIpc) is 2.74. The first-order valence-corrected chi connectivity index (χ1v) is 10.8. The van der Waals surface area contributed by atoms with E-state index in [4.69, 9.17) is 15.6 Å². The van der Waals surface area contributed by atoms with Gasteiger partial charge in [0.25, 0.3) is 0 Å². The van der Waals surface area contributed by atoms with Gasteiger partial charge in [0.2, 0.25) is 16.0 Å². The minimum absolute atomic E-state index is 0.0120. The lowest BCUT2D eigenvalue weighted by Gasteiger charge is -2.27. The Morgan fingerprint density at radius 2 is 1.87 bits per heavy atom. The number of nitrogen functional groups attached to an aromatic ring is 1. The van der Waals surface area contributed by atoms with Gasteiger partial charge in [0, 0.05) is 36.6 Å². The van der Waals surface area contributed by atoms with Gasteiger partial charge in [0.05, 0.1) is 23.8 Å². The van der Waals surface area contributed by atoms with Gasteiger partial charge in [0.15, 0.2) is 0 Å². The number of ether oxygens (including phenoxy) is 1. The Morgan fingerprint density at radius 3 is 2.57 bits per heavy atom. The normalized spacial score (nSPS) is 14.5. The fraction of sp³-hybridized carbons (Fsp3) is 0.211. The van der Waals surface area contributed by atoms with E-state index in [0.717, 1.165) is 5.56 Å². The molecule has 0 amide bonds. The van der Waals surface area contributed by atoms with E-state index in [-0.39, 0.29) is 4.90 Å². The highest BCUT2D eigenvalue weighted by molar-refractivity contribution is 7.89. The largest absolute Gasteiger partial charge is 0.384 e. The van der Waals surface area contributed by atoms with Crippen molar-refractivity contribution in [2.75, 3.05) is 42.3 Å². The molecule has 11 heteroatoms. The topological polar surface area (TPSA) is 149 Å². The highest BCUT2D eigenvalue weighted by Crippen LogP contribution is 2.26. The maximum absolute atomic E-state index is 11.7. The smallest absolute Gasteiger partial charge is 0.238 e. The first kappa shape index (κ1) is 20.0. The van der Waals surface area contributed by atoms with Gasteiger partial charge in [-0.3, -0.25) is 0 Å². The summed E-state index contributed by atoms with van der Waals surface area (Å²) in [6.45, 7) is 2.53. The van der Waals surface area contributed by atoms with Crippen LogP contribution in [0.2, 0.25) is 0 Å². The van der Waals surface area contributed by atoms with Crippen molar-refractivity contribution in [2.45, 2.75) is 4.90 Å². The van der Waals surface area contributed by atoms with Crippen molar-refractivity contribution in [1.29, 1.82) is 0 Å². The lowest BCUT2D eigenvalue weighted by Crippen LogP contribution is -2.37. The molecule has 0 aliphatic carbocycles. The number of primary sulfonamides is 1. The van der Waals surface area contributed by atoms with Crippen molar-refractivity contribution in [1.82, 2.24) is 15.0 Å². The number of pyridine rings is 1. The van der Waals surface area contributed by atoms with Gasteiger partial charge in [-0.1, -0.05) is 6.07 Å². The monoisotopic (exact) mass is 427 g/mol. The van der Waals surface area contributed by atoms with E-state index in [9.17, 15) is 8.42 Å². The van der Waals surface area contributed by atoms with Crippen molar-refractivity contribution in [2.24, 2.45) is 5.14 Å². The molecule has 0 radical (unpaired) electrons. The van der Waals surface area contributed by atoms with E-state index in [1.54, 1.807) is 30.5 Å². The summed E-state index contributed by atoms with van der Waals surface area (Å²) in [6, 6.07) is 11.5. The van der Waals surface area contributed by atoms with Crippen molar-refractivity contribution in [3.8, 4) is 11.3 Å². The molecular formula is C19H21N7O3S. The molecule has 0 spiro atoms. The number of hydrogen-bond donors (Lipinski definition) is 3. The standard InChI is InChI=1S/C19H21N7O3S/c20-17-5-4-13(12-22-17)16-11-18(25-19(24-16)26-6-8-29-9-7-26)23-14-2-1-3-15(10-14)30(21,27)28/h1-5,10-12H,6-9H2,(H2,20,22)(H2,21,27,28)(H,23,24,25). The SMILES string of the molecule is Nc1ccc(-c2cc(Nc3cccc(S(N)(=O)=O)c3)nc(N3CCOCC3)n2)cn1. The summed E-state index contributed by atoms with van der Waals surface area (Å²) in [5, 5.41) is 8.38. The molecule has 0 bridgehead atoms. The van der Waals surface area contributed by atoms with Gasteiger partial charge in [-0.15, -0.1) is 0 Å². The van der Waals surface area contributed by atoms with Crippen LogP contribution >= 0.6 is 0 Å². The molecule has 30 heavy (non-hydrogen) atoms. The molecule has 1 saturated heterocycles. The van der Waals surface area contributed by atoms with E-state index in [1.165, 1.54) is 12.1 Å². The third-order valence-corrected chi connectivity index (χ3v) is 5.44. The molecule has 0 saturated carbocycles. The first-order chi connectivity index (χ1) is 14.4. The third kappa shape index (κ3) is 4.64. The summed E-state index contributed by atoms with van der Waals surface area (Å²) in [4.78, 5) is 15.5. The zero-order chi connectivity index (χ0) is 21.1. The number of anilines is 4. The molecule has 1 aliphatic heterocycles. The second-order valence-corrected chi connectivity index (χ2v) is 8.27. The van der Waals surface area contributed by atoms with Crippen LogP contribution in [0.25, 0.3) is 11.3 Å². The minimum atomic E-state index is -3.81. The van der Waals surface area contributed by atoms with Crippen LogP contribution in [0.15, 0.2) is 53.6 Å². The fourth-order valence-corrected chi connectivity index (χ4v) is 3.57. The van der Waals surface area contributed by atoms with Gasteiger partial charge < -0.3 is 20.7 Å². The summed E-state index contributed by atoms with van der Waals surface area (Å²) in [7, 11) is -3.81. The Labute approximate surface area is 174 Å². The second-order valence-electron chi connectivity index (χ2n) is 6.71. The van der Waals surface area contributed by atoms with Gasteiger partial charge >= 0.3 is 0 Å². The number of nitrogens with two attached hydrogens (primary N) is 2. The van der Waals surface area contributed by atoms with Crippen LogP contribution in [0.5, 0.6) is 0 Å². The maximum atomic E-state index is 11.7. The number of aromatic nitrogens is 3. The summed E-state index contributed by atoms with van der Waals surface area (Å²) >= 11 is 0. The molecule has 3 aromatic rings. The lowest BCUT2D eigenvalue weighted by atomic mass is 10.2. The Hall–Kier alpha value is -3.28. The first-order valence-electron chi connectivity index (χ1n) is 9.22. The summed E-state index contributed by atoms with van der Waals surface area (Å²) in [5.41, 5.74) is 7.67. The van der Waals surface area contributed by atoms with E-state index in [0.29, 0.717) is 55.3 Å². The van der Waals surface area contributed by atoms with Crippen molar-refractivity contribution in [3.63, 3.8) is 0 Å². The average molecular weight is 427 g/mol. The molecule has 0 atom stereocenters. The molecule has 1 fully saturated rings. The Kier molecular flexibility index (Phi) is 5.48. The molecule has 3 heterocycles. The Bertz CT molecular complexity index is 1150. The molecule has 10 nitrogen and oxygen atoms in total. The molecule has 4 rings (SSSR count).